The first-order chi connectivity index (χ1) is 4.74. The molecule has 1 aromatic heterocycles. The van der Waals surface area contributed by atoms with Crippen molar-refractivity contribution in [2.24, 2.45) is 0 Å². The Balaban J connectivity index is 2.92. The third-order valence-electron chi connectivity index (χ3n) is 0.904. The molecule has 1 heterocycles. The SMILES string of the molecule is COCn1nc(Br)[nH]c1=O. The summed E-state index contributed by atoms with van der Waals surface area (Å²) in [6.45, 7) is 0.168. The number of rotatable bonds is 2. The van der Waals surface area contributed by atoms with Crippen molar-refractivity contribution in [3.63, 3.8) is 0 Å². The summed E-state index contributed by atoms with van der Waals surface area (Å²) in [5, 5.41) is 3.74. The van der Waals surface area contributed by atoms with E-state index in [-0.39, 0.29) is 12.4 Å². The maximum Gasteiger partial charge on any atom is 0.346 e. The molecule has 0 fully saturated rings. The van der Waals surface area contributed by atoms with Crippen molar-refractivity contribution in [2.75, 3.05) is 7.11 Å². The van der Waals surface area contributed by atoms with Crippen molar-refractivity contribution < 1.29 is 4.74 Å². The third-order valence-corrected chi connectivity index (χ3v) is 1.26. The van der Waals surface area contributed by atoms with E-state index in [9.17, 15) is 4.79 Å². The zero-order chi connectivity index (χ0) is 7.56. The molecule has 1 rings (SSSR count). The molecule has 0 amide bonds. The highest BCUT2D eigenvalue weighted by Crippen LogP contribution is 1.94. The van der Waals surface area contributed by atoms with Gasteiger partial charge >= 0.3 is 5.69 Å². The molecule has 0 saturated carbocycles. The highest BCUT2D eigenvalue weighted by Gasteiger charge is 1.98. The minimum atomic E-state index is -0.284. The highest BCUT2D eigenvalue weighted by molar-refractivity contribution is 9.10. The molecule has 5 nitrogen and oxygen atoms in total. The van der Waals surface area contributed by atoms with Crippen molar-refractivity contribution in [1.82, 2.24) is 14.8 Å². The fourth-order valence-corrected chi connectivity index (χ4v) is 0.900. The number of aromatic amines is 1. The molecule has 0 radical (unpaired) electrons. The van der Waals surface area contributed by atoms with Crippen LogP contribution in [0.5, 0.6) is 0 Å². The average Bonchev–Trinajstić information content (AvgIpc) is 2.13. The van der Waals surface area contributed by atoms with Gasteiger partial charge in [-0.25, -0.2) is 4.79 Å². The molecule has 10 heavy (non-hydrogen) atoms. The normalized spacial score (nSPS) is 10.2. The van der Waals surface area contributed by atoms with E-state index in [1.807, 2.05) is 0 Å². The number of hydrogen-bond donors (Lipinski definition) is 1. The molecule has 0 atom stereocenters. The first-order valence-corrected chi connectivity index (χ1v) is 3.35. The van der Waals surface area contributed by atoms with Crippen LogP contribution in [0.2, 0.25) is 0 Å². The molecule has 0 bridgehead atoms. The van der Waals surface area contributed by atoms with Gasteiger partial charge in [-0.1, -0.05) is 0 Å². The summed E-state index contributed by atoms with van der Waals surface area (Å²) in [7, 11) is 1.50. The van der Waals surface area contributed by atoms with Crippen molar-refractivity contribution in [1.29, 1.82) is 0 Å². The standard InChI is InChI=1S/C4H6BrN3O2/c1-10-2-8-4(9)6-3(5)7-8/h2H2,1H3,(H,6,7,9). The van der Waals surface area contributed by atoms with Crippen LogP contribution in [0.25, 0.3) is 0 Å². The van der Waals surface area contributed by atoms with Crippen LogP contribution in [0.1, 0.15) is 0 Å². The Bertz CT molecular complexity index is 266. The maximum atomic E-state index is 10.8. The van der Waals surface area contributed by atoms with Gasteiger partial charge in [-0.3, -0.25) is 4.98 Å². The Morgan fingerprint density at radius 2 is 2.60 bits per heavy atom. The molecule has 1 N–H and O–H groups in total. The molecule has 1 aromatic rings. The van der Waals surface area contributed by atoms with Gasteiger partial charge in [-0.2, -0.15) is 4.68 Å². The topological polar surface area (TPSA) is 59.9 Å². The van der Waals surface area contributed by atoms with Crippen LogP contribution < -0.4 is 5.69 Å². The molecule has 0 unspecified atom stereocenters. The molecule has 0 aliphatic rings. The fourth-order valence-electron chi connectivity index (χ4n) is 0.539. The number of halogens is 1. The van der Waals surface area contributed by atoms with Gasteiger partial charge in [0.15, 0.2) is 4.73 Å². The number of methoxy groups -OCH3 is 1. The van der Waals surface area contributed by atoms with E-state index in [0.717, 1.165) is 0 Å². The zero-order valence-corrected chi connectivity index (χ0v) is 6.88. The van der Waals surface area contributed by atoms with Gasteiger partial charge in [0.1, 0.15) is 6.73 Å². The van der Waals surface area contributed by atoms with Crippen molar-refractivity contribution in [3.05, 3.63) is 15.2 Å². The lowest BCUT2D eigenvalue weighted by atomic mass is 11.1. The Morgan fingerprint density at radius 1 is 1.90 bits per heavy atom. The monoisotopic (exact) mass is 207 g/mol. The van der Waals surface area contributed by atoms with Crippen molar-refractivity contribution in [3.8, 4) is 0 Å². The first kappa shape index (κ1) is 7.49. The Labute approximate surface area is 65.1 Å². The predicted octanol–water partition coefficient (Wildman–Crippen LogP) is -0.0622. The fraction of sp³-hybridized carbons (Fsp3) is 0.500. The summed E-state index contributed by atoms with van der Waals surface area (Å²) in [5.74, 6) is 0. The Morgan fingerprint density at radius 3 is 3.00 bits per heavy atom. The zero-order valence-electron chi connectivity index (χ0n) is 5.30. The maximum absolute atomic E-state index is 10.8. The second-order valence-electron chi connectivity index (χ2n) is 1.64. The summed E-state index contributed by atoms with van der Waals surface area (Å²) >= 11 is 3.01. The minimum absolute atomic E-state index is 0.168. The van der Waals surface area contributed by atoms with Crippen LogP contribution in [-0.4, -0.2) is 21.9 Å². The highest BCUT2D eigenvalue weighted by atomic mass is 79.9. The van der Waals surface area contributed by atoms with Crippen LogP contribution in [0.15, 0.2) is 9.53 Å². The summed E-state index contributed by atoms with van der Waals surface area (Å²) < 4.78 is 6.26. The molecule has 0 aliphatic carbocycles. The molecule has 56 valence electrons. The number of H-pyrrole nitrogens is 1. The summed E-state index contributed by atoms with van der Waals surface area (Å²) in [5.41, 5.74) is -0.284. The Hall–Kier alpha value is -0.620. The van der Waals surface area contributed by atoms with Crippen LogP contribution >= 0.6 is 15.9 Å². The van der Waals surface area contributed by atoms with E-state index in [4.69, 9.17) is 0 Å². The molecule has 0 aliphatic heterocycles. The second-order valence-corrected chi connectivity index (χ2v) is 2.39. The number of aromatic nitrogens is 3. The van der Waals surface area contributed by atoms with Crippen LogP contribution in [0, 0.1) is 0 Å². The van der Waals surface area contributed by atoms with Gasteiger partial charge in [0.25, 0.3) is 0 Å². The van der Waals surface area contributed by atoms with E-state index in [1.54, 1.807) is 0 Å². The summed E-state index contributed by atoms with van der Waals surface area (Å²) in [6.07, 6.45) is 0. The average molecular weight is 208 g/mol. The van der Waals surface area contributed by atoms with E-state index in [0.29, 0.717) is 4.73 Å². The van der Waals surface area contributed by atoms with E-state index in [1.165, 1.54) is 11.8 Å². The van der Waals surface area contributed by atoms with Gasteiger partial charge in [0.2, 0.25) is 0 Å². The summed E-state index contributed by atoms with van der Waals surface area (Å²) in [6, 6.07) is 0. The Kier molecular flexibility index (Phi) is 2.23. The number of nitrogens with zero attached hydrogens (tertiary/aromatic N) is 2. The second kappa shape index (κ2) is 2.98. The lowest BCUT2D eigenvalue weighted by molar-refractivity contribution is 0.117. The summed E-state index contributed by atoms with van der Waals surface area (Å²) in [4.78, 5) is 13.2. The predicted molar refractivity (Wildman–Crippen MR) is 37.6 cm³/mol. The van der Waals surface area contributed by atoms with Crippen molar-refractivity contribution >= 4 is 15.9 Å². The molecule has 6 heteroatoms. The lowest BCUT2D eigenvalue weighted by Crippen LogP contribution is -2.18. The number of hydrogen-bond acceptors (Lipinski definition) is 3. The molecule has 0 saturated heterocycles. The smallest absolute Gasteiger partial charge is 0.346 e. The molecule has 0 spiro atoms. The lowest BCUT2D eigenvalue weighted by Gasteiger charge is -1.92. The van der Waals surface area contributed by atoms with E-state index < -0.39 is 0 Å². The van der Waals surface area contributed by atoms with Gasteiger partial charge < -0.3 is 4.74 Å². The minimum Gasteiger partial charge on any atom is -0.362 e. The largest absolute Gasteiger partial charge is 0.362 e. The van der Waals surface area contributed by atoms with Gasteiger partial charge in [0.05, 0.1) is 0 Å². The number of nitrogens with one attached hydrogen (secondary N) is 1. The van der Waals surface area contributed by atoms with Crippen molar-refractivity contribution in [2.45, 2.75) is 6.73 Å². The first-order valence-electron chi connectivity index (χ1n) is 2.55. The number of ether oxygens (including phenoxy) is 1. The van der Waals surface area contributed by atoms with Crippen LogP contribution in [0.3, 0.4) is 0 Å². The van der Waals surface area contributed by atoms with Gasteiger partial charge in [0, 0.05) is 7.11 Å². The molecular weight excluding hydrogens is 202 g/mol. The molecule has 0 aromatic carbocycles. The van der Waals surface area contributed by atoms with Crippen LogP contribution in [-0.2, 0) is 11.5 Å². The van der Waals surface area contributed by atoms with Gasteiger partial charge in [-0.15, -0.1) is 5.10 Å². The van der Waals surface area contributed by atoms with Crippen LogP contribution in [0.4, 0.5) is 0 Å². The molecular formula is C4H6BrN3O2. The quantitative estimate of drug-likeness (QED) is 0.740. The van der Waals surface area contributed by atoms with E-state index in [2.05, 4.69) is 30.7 Å². The third kappa shape index (κ3) is 1.45. The van der Waals surface area contributed by atoms with Gasteiger partial charge in [-0.05, 0) is 15.9 Å². The van der Waals surface area contributed by atoms with E-state index >= 15 is 0 Å².